The number of nitrogens with zero attached hydrogens (tertiary/aromatic N) is 3. The van der Waals surface area contributed by atoms with Crippen LogP contribution >= 0.6 is 0 Å². The number of aryl methyl sites for hydroxylation is 2. The molecular formula is C64H64N3OPt-. The molecule has 0 radical (unpaired) electrons. The summed E-state index contributed by atoms with van der Waals surface area (Å²) >= 11 is 0. The number of hydrogen-bond acceptors (Lipinski definition) is 3. The summed E-state index contributed by atoms with van der Waals surface area (Å²) in [6.45, 7) is 19.4. The van der Waals surface area contributed by atoms with E-state index in [9.17, 15) is 5.11 Å². The van der Waals surface area contributed by atoms with Crippen LogP contribution in [0.1, 0.15) is 121 Å². The summed E-state index contributed by atoms with van der Waals surface area (Å²) < 4.78 is 47.3. The van der Waals surface area contributed by atoms with Gasteiger partial charge in [-0.1, -0.05) is 195 Å². The quantitative estimate of drug-likeness (QED) is 0.147. The minimum Gasteiger partial charge on any atom is -0.507 e. The molecule has 0 aliphatic carbocycles. The third kappa shape index (κ3) is 9.93. The summed E-state index contributed by atoms with van der Waals surface area (Å²) in [5, 5.41) is 12.6. The molecule has 1 N–H and O–H groups in total. The molecule has 4 nitrogen and oxygen atoms in total. The van der Waals surface area contributed by atoms with Gasteiger partial charge in [0.25, 0.3) is 0 Å². The Balaban J connectivity index is 0.00000729. The van der Waals surface area contributed by atoms with Crippen LogP contribution in [0.5, 0.6) is 5.75 Å². The first-order chi connectivity index (χ1) is 34.1. The number of fused-ring (bicyclic) bond motifs is 1. The van der Waals surface area contributed by atoms with Crippen molar-refractivity contribution in [1.29, 1.82) is 0 Å². The molecule has 9 aromatic rings. The van der Waals surface area contributed by atoms with E-state index in [1.165, 1.54) is 5.56 Å². The summed E-state index contributed by atoms with van der Waals surface area (Å²) in [5.41, 5.74) is 14.3. The first-order valence-corrected chi connectivity index (χ1v) is 23.5. The maximum Gasteiger partial charge on any atom is 0.148 e. The molecule has 7 aromatic carbocycles. The minimum atomic E-state index is -2.61. The third-order valence-electron chi connectivity index (χ3n) is 13.1. The second-order valence-corrected chi connectivity index (χ2v) is 20.8. The van der Waals surface area contributed by atoms with Crippen LogP contribution in [0.3, 0.4) is 0 Å². The van der Waals surface area contributed by atoms with Crippen molar-refractivity contribution < 1.29 is 33.0 Å². The normalized spacial score (nSPS) is 13.5. The topological polar surface area (TPSA) is 50.9 Å². The number of aromatic nitrogens is 3. The number of aromatic hydroxyl groups is 1. The molecule has 69 heavy (non-hydrogen) atoms. The van der Waals surface area contributed by atoms with Gasteiger partial charge in [0, 0.05) is 45.4 Å². The smallest absolute Gasteiger partial charge is 0.148 e. The molecule has 0 saturated carbocycles. The van der Waals surface area contributed by atoms with Gasteiger partial charge < -0.3 is 5.11 Å². The Kier molecular flexibility index (Phi) is 11.9. The van der Waals surface area contributed by atoms with Gasteiger partial charge in [-0.3, -0.25) is 9.55 Å². The zero-order chi connectivity index (χ0) is 52.6. The van der Waals surface area contributed by atoms with Crippen molar-refractivity contribution >= 4 is 11.0 Å². The Bertz CT molecular complexity index is 3520. The van der Waals surface area contributed by atoms with Gasteiger partial charge in [-0.15, -0.1) is 23.8 Å². The van der Waals surface area contributed by atoms with E-state index in [4.69, 9.17) is 16.8 Å². The minimum absolute atomic E-state index is 0. The monoisotopic (exact) mass is 1090 g/mol. The Labute approximate surface area is 431 Å². The molecule has 0 aliphatic heterocycles. The van der Waals surface area contributed by atoms with Crippen LogP contribution in [0.15, 0.2) is 152 Å². The summed E-state index contributed by atoms with van der Waals surface area (Å²) in [6, 6.07) is 52.0. The molecule has 0 unspecified atom stereocenters. The molecule has 352 valence electrons. The predicted octanol–water partition coefficient (Wildman–Crippen LogP) is 17.4. The number of imidazole rings is 1. The zero-order valence-corrected chi connectivity index (χ0v) is 43.8. The van der Waals surface area contributed by atoms with Gasteiger partial charge >= 0.3 is 0 Å². The first kappa shape index (κ1) is 42.7. The van der Waals surface area contributed by atoms with Crippen LogP contribution in [-0.2, 0) is 31.9 Å². The van der Waals surface area contributed by atoms with Crippen molar-refractivity contribution in [1.82, 2.24) is 14.5 Å². The van der Waals surface area contributed by atoms with E-state index < -0.39 is 24.1 Å². The van der Waals surface area contributed by atoms with Crippen molar-refractivity contribution in [3.63, 3.8) is 0 Å². The van der Waals surface area contributed by atoms with Gasteiger partial charge in [-0.05, 0) is 117 Å². The second kappa shape index (κ2) is 19.2. The van der Waals surface area contributed by atoms with E-state index in [2.05, 4.69) is 115 Å². The summed E-state index contributed by atoms with van der Waals surface area (Å²) in [6.07, 6.45) is 1.84. The fraction of sp³-hybridized carbons (Fsp3) is 0.250. The van der Waals surface area contributed by atoms with Crippen LogP contribution < -0.4 is 0 Å². The van der Waals surface area contributed by atoms with Crippen LogP contribution in [-0.4, -0.2) is 19.6 Å². The summed E-state index contributed by atoms with van der Waals surface area (Å²) in [5.74, 6) is -1.48. The number of phenolic OH excluding ortho intramolecular Hbond substituents is 1. The zero-order valence-electron chi connectivity index (χ0n) is 46.5. The Hall–Kier alpha value is -6.35. The molecule has 0 fully saturated rings. The number of pyridine rings is 1. The van der Waals surface area contributed by atoms with E-state index in [0.717, 1.165) is 72.5 Å². The molecule has 0 saturated heterocycles. The molecule has 0 aliphatic rings. The Morgan fingerprint density at radius 1 is 0.609 bits per heavy atom. The molecule has 9 rings (SSSR count). The average molecular weight is 1090 g/mol. The van der Waals surface area contributed by atoms with Gasteiger partial charge in [0.15, 0.2) is 0 Å². The van der Waals surface area contributed by atoms with Crippen molar-refractivity contribution in [2.75, 3.05) is 0 Å². The summed E-state index contributed by atoms with van der Waals surface area (Å²) in [4.78, 5) is 10.4. The standard InChI is InChI=1S/C64H64N3O.Pt/c1-39(2)47-30-48(40(3)4)32-50(31-47)45-25-26-58(42(6)29-45)67-59-20-16-19-54(60(59)66-62(67)55-37-53(63(7,8)9)38-56(61(55)68)64(10,11)12)51-33-49(43-17-14-13-15-18-43)34-52(35-51)57-36-46(27-28-65-57)44-23-21-41(5)22-24-44;/h13-34,36-40,68H,1-12H3;/q-1;/i6D3,39D,40D;. The van der Waals surface area contributed by atoms with Crippen molar-refractivity contribution in [3.8, 4) is 78.6 Å². The van der Waals surface area contributed by atoms with Gasteiger partial charge in [-0.25, -0.2) is 4.98 Å². The van der Waals surface area contributed by atoms with Gasteiger partial charge in [0.1, 0.15) is 11.6 Å². The Morgan fingerprint density at radius 2 is 1.25 bits per heavy atom. The van der Waals surface area contributed by atoms with Crippen molar-refractivity contribution in [2.24, 2.45) is 0 Å². The Morgan fingerprint density at radius 3 is 1.90 bits per heavy atom. The maximum atomic E-state index is 12.6. The van der Waals surface area contributed by atoms with E-state index in [1.54, 1.807) is 6.07 Å². The summed E-state index contributed by atoms with van der Waals surface area (Å²) in [7, 11) is 0. The number of benzene rings is 7. The SMILES string of the molecule is [2H]C([2H])([2H])c1cc(-c2cc(C([2H])(C)C)cc(C([2H])(C)C)c2)ccc1-n1c(-c2cc(C(C)(C)C)cc(C(C)(C)C)c2O)nc2c(-c3[c-]c(-c4cc(-c5ccc(C)cc5)ccn4)cc(-c4ccccc4)c3)cccc21.[Pt]. The fourth-order valence-electron chi connectivity index (χ4n) is 8.99. The van der Waals surface area contributed by atoms with Gasteiger partial charge in [-0.2, -0.15) is 0 Å². The van der Waals surface area contributed by atoms with Crippen LogP contribution in [0.2, 0.25) is 0 Å². The number of rotatable bonds is 9. The van der Waals surface area contributed by atoms with E-state index in [-0.39, 0.29) is 37.8 Å². The second-order valence-electron chi connectivity index (χ2n) is 20.8. The number of para-hydroxylation sites is 1. The van der Waals surface area contributed by atoms with Gasteiger partial charge in [0.2, 0.25) is 0 Å². The van der Waals surface area contributed by atoms with E-state index in [1.807, 2.05) is 117 Å². The van der Waals surface area contributed by atoms with Crippen molar-refractivity contribution in [3.05, 3.63) is 191 Å². The van der Waals surface area contributed by atoms with Crippen LogP contribution in [0.4, 0.5) is 0 Å². The molecule has 2 aromatic heterocycles. The maximum absolute atomic E-state index is 12.6. The molecule has 0 bridgehead atoms. The third-order valence-corrected chi connectivity index (χ3v) is 13.1. The van der Waals surface area contributed by atoms with Crippen LogP contribution in [0.25, 0.3) is 83.9 Å². The average Bonchev–Trinajstić information content (AvgIpc) is 3.72. The van der Waals surface area contributed by atoms with Crippen LogP contribution in [0, 0.1) is 19.8 Å². The predicted molar refractivity (Wildman–Crippen MR) is 287 cm³/mol. The molecule has 0 spiro atoms. The molecule has 0 amide bonds. The number of hydrogen-bond donors (Lipinski definition) is 1. The molecule has 5 heteroatoms. The molecule has 2 heterocycles. The fourth-order valence-corrected chi connectivity index (χ4v) is 8.99. The van der Waals surface area contributed by atoms with E-state index >= 15 is 0 Å². The van der Waals surface area contributed by atoms with Crippen molar-refractivity contribution in [2.45, 2.75) is 106 Å². The largest absolute Gasteiger partial charge is 0.507 e. The molecule has 0 atom stereocenters. The first-order valence-electron chi connectivity index (χ1n) is 26.0. The van der Waals surface area contributed by atoms with E-state index in [0.29, 0.717) is 33.7 Å². The van der Waals surface area contributed by atoms with Gasteiger partial charge in [0.05, 0.1) is 22.3 Å². The number of phenols is 1. The molecular weight excluding hydrogens is 1020 g/mol.